The number of ether oxygens (including phenoxy) is 1. The molecule has 1 aromatic heterocycles. The average Bonchev–Trinajstić information content (AvgIpc) is 2.64. The fourth-order valence-electron chi connectivity index (χ4n) is 1.33. The number of carboxylic acid groups (broad SMARTS) is 1. The second-order valence-corrected chi connectivity index (χ2v) is 4.97. The molecular weight excluding hydrogens is 282 g/mol. The largest absolute Gasteiger partial charge is 0.476 e. The molecule has 1 heterocycles. The van der Waals surface area contributed by atoms with Crippen LogP contribution < -0.4 is 5.73 Å². The van der Waals surface area contributed by atoms with Crippen LogP contribution in [0.2, 0.25) is 0 Å². The Morgan fingerprint density at radius 3 is 2.52 bits per heavy atom. The first-order valence-electron chi connectivity index (χ1n) is 5.91. The van der Waals surface area contributed by atoms with Gasteiger partial charge in [-0.2, -0.15) is 4.98 Å². The van der Waals surface area contributed by atoms with E-state index in [1.54, 1.807) is 20.8 Å². The molecule has 0 aliphatic carbocycles. The summed E-state index contributed by atoms with van der Waals surface area (Å²) in [5, 5.41) is 16.1. The van der Waals surface area contributed by atoms with Crippen molar-refractivity contribution in [2.75, 3.05) is 12.8 Å². The van der Waals surface area contributed by atoms with Gasteiger partial charge in [-0.15, -0.1) is 5.10 Å². The average molecular weight is 299 g/mol. The molecule has 0 atom stereocenters. The van der Waals surface area contributed by atoms with Crippen LogP contribution in [0.1, 0.15) is 26.6 Å². The Bertz CT molecular complexity index is 572. The number of aromatic nitrogens is 3. The van der Waals surface area contributed by atoms with E-state index in [1.165, 1.54) is 7.11 Å². The molecule has 1 aromatic rings. The number of nitrogens with two attached hydrogens (primary N) is 1. The molecule has 10 heteroatoms. The standard InChI is InChI=1S/C11H17N5O5/c1-11(2,3)21-6(17)5-16-10(12)13-8(14-16)7(9(18)19)15-20-4/h5H2,1-4H3,(H,18,19)(H2,12,13,14). The second kappa shape index (κ2) is 6.20. The minimum Gasteiger partial charge on any atom is -0.476 e. The number of nitrogen functional groups attached to an aromatic ring is 1. The van der Waals surface area contributed by atoms with Crippen molar-refractivity contribution in [2.45, 2.75) is 32.9 Å². The summed E-state index contributed by atoms with van der Waals surface area (Å²) < 4.78 is 6.13. The molecule has 0 saturated carbocycles. The SMILES string of the molecule is CON=C(C(=O)O)c1nc(N)n(CC(=O)OC(C)(C)C)n1. The van der Waals surface area contributed by atoms with Gasteiger partial charge in [0.25, 0.3) is 0 Å². The van der Waals surface area contributed by atoms with Crippen molar-refractivity contribution in [2.24, 2.45) is 5.16 Å². The number of carbonyl (C=O) groups excluding carboxylic acids is 1. The highest BCUT2D eigenvalue weighted by Crippen LogP contribution is 2.09. The Balaban J connectivity index is 2.95. The van der Waals surface area contributed by atoms with E-state index in [-0.39, 0.29) is 18.3 Å². The molecule has 0 aliphatic rings. The number of carboxylic acids is 1. The topological polar surface area (TPSA) is 142 Å². The highest BCUT2D eigenvalue weighted by molar-refractivity contribution is 6.41. The lowest BCUT2D eigenvalue weighted by Gasteiger charge is -2.19. The summed E-state index contributed by atoms with van der Waals surface area (Å²) >= 11 is 0. The summed E-state index contributed by atoms with van der Waals surface area (Å²) in [4.78, 5) is 30.8. The monoisotopic (exact) mass is 299 g/mol. The van der Waals surface area contributed by atoms with Crippen LogP contribution >= 0.6 is 0 Å². The van der Waals surface area contributed by atoms with E-state index >= 15 is 0 Å². The lowest BCUT2D eigenvalue weighted by molar-refractivity contribution is -0.155. The molecule has 0 unspecified atom stereocenters. The Kier molecular flexibility index (Phi) is 4.84. The van der Waals surface area contributed by atoms with Crippen LogP contribution in [0.5, 0.6) is 0 Å². The first kappa shape index (κ1) is 16.4. The van der Waals surface area contributed by atoms with Crippen LogP contribution in [0.3, 0.4) is 0 Å². The number of nitrogens with zero attached hydrogens (tertiary/aromatic N) is 4. The van der Waals surface area contributed by atoms with Gasteiger partial charge in [0.05, 0.1) is 0 Å². The van der Waals surface area contributed by atoms with Crippen LogP contribution in [-0.4, -0.2) is 50.2 Å². The minimum atomic E-state index is -1.38. The Hall–Kier alpha value is -2.65. The van der Waals surface area contributed by atoms with E-state index in [9.17, 15) is 9.59 Å². The van der Waals surface area contributed by atoms with Gasteiger partial charge in [-0.3, -0.25) is 4.79 Å². The molecule has 0 bridgehead atoms. The number of carbonyl (C=O) groups is 2. The van der Waals surface area contributed by atoms with Crippen LogP contribution in [0.25, 0.3) is 0 Å². The van der Waals surface area contributed by atoms with Gasteiger partial charge >= 0.3 is 11.9 Å². The number of anilines is 1. The van der Waals surface area contributed by atoms with Gasteiger partial charge in [-0.25, -0.2) is 9.48 Å². The maximum absolute atomic E-state index is 11.7. The molecule has 0 fully saturated rings. The summed E-state index contributed by atoms with van der Waals surface area (Å²) in [6.07, 6.45) is 0. The summed E-state index contributed by atoms with van der Waals surface area (Å²) in [6.45, 7) is 4.86. The maximum atomic E-state index is 11.7. The molecule has 0 spiro atoms. The summed E-state index contributed by atoms with van der Waals surface area (Å²) in [5.41, 5.74) is 4.41. The number of aliphatic carboxylic acids is 1. The summed E-state index contributed by atoms with van der Waals surface area (Å²) in [7, 11) is 1.18. The molecule has 0 amide bonds. The number of rotatable bonds is 5. The van der Waals surface area contributed by atoms with Crippen molar-refractivity contribution in [1.29, 1.82) is 0 Å². The molecule has 0 aliphatic heterocycles. The smallest absolute Gasteiger partial charge is 0.362 e. The highest BCUT2D eigenvalue weighted by Gasteiger charge is 2.23. The zero-order chi connectivity index (χ0) is 16.2. The molecule has 1 rings (SSSR count). The third kappa shape index (κ3) is 4.75. The first-order chi connectivity index (χ1) is 9.64. The predicted octanol–water partition coefficient (Wildman–Crippen LogP) is -0.363. The van der Waals surface area contributed by atoms with Gasteiger partial charge < -0.3 is 20.4 Å². The molecule has 0 aromatic carbocycles. The molecule has 0 saturated heterocycles. The quantitative estimate of drug-likeness (QED) is 0.426. The maximum Gasteiger partial charge on any atom is 0.362 e. The van der Waals surface area contributed by atoms with Crippen molar-refractivity contribution < 1.29 is 24.3 Å². The fraction of sp³-hybridized carbons (Fsp3) is 0.545. The second-order valence-electron chi connectivity index (χ2n) is 4.97. The first-order valence-corrected chi connectivity index (χ1v) is 5.91. The third-order valence-corrected chi connectivity index (χ3v) is 2.00. The minimum absolute atomic E-state index is 0.138. The lowest BCUT2D eigenvalue weighted by Crippen LogP contribution is -2.27. The van der Waals surface area contributed by atoms with E-state index < -0.39 is 23.3 Å². The van der Waals surface area contributed by atoms with E-state index in [0.29, 0.717) is 0 Å². The zero-order valence-electron chi connectivity index (χ0n) is 12.2. The van der Waals surface area contributed by atoms with Crippen molar-refractivity contribution in [3.8, 4) is 0 Å². The van der Waals surface area contributed by atoms with Gasteiger partial charge in [0, 0.05) is 0 Å². The van der Waals surface area contributed by atoms with E-state index in [4.69, 9.17) is 15.6 Å². The van der Waals surface area contributed by atoms with Crippen molar-refractivity contribution >= 4 is 23.6 Å². The number of hydrogen-bond donors (Lipinski definition) is 2. The fourth-order valence-corrected chi connectivity index (χ4v) is 1.33. The molecule has 0 radical (unpaired) electrons. The van der Waals surface area contributed by atoms with Gasteiger partial charge in [0.15, 0.2) is 0 Å². The van der Waals surface area contributed by atoms with Crippen molar-refractivity contribution in [1.82, 2.24) is 14.8 Å². The Morgan fingerprint density at radius 1 is 1.43 bits per heavy atom. The molecule has 21 heavy (non-hydrogen) atoms. The van der Waals surface area contributed by atoms with Gasteiger partial charge in [0.1, 0.15) is 19.3 Å². The van der Waals surface area contributed by atoms with E-state index in [2.05, 4.69) is 20.1 Å². The molecule has 116 valence electrons. The van der Waals surface area contributed by atoms with Crippen LogP contribution in [0, 0.1) is 0 Å². The van der Waals surface area contributed by atoms with Crippen LogP contribution in [0.15, 0.2) is 5.16 Å². The normalized spacial score (nSPS) is 12.1. The summed E-state index contributed by atoms with van der Waals surface area (Å²) in [6, 6.07) is 0. The van der Waals surface area contributed by atoms with Crippen LogP contribution in [0.4, 0.5) is 5.95 Å². The number of esters is 1. The molecule has 10 nitrogen and oxygen atoms in total. The third-order valence-electron chi connectivity index (χ3n) is 2.00. The zero-order valence-corrected chi connectivity index (χ0v) is 12.2. The molecule has 3 N–H and O–H groups in total. The lowest BCUT2D eigenvalue weighted by atomic mass is 10.2. The van der Waals surface area contributed by atoms with Gasteiger partial charge in [0.2, 0.25) is 17.5 Å². The van der Waals surface area contributed by atoms with Gasteiger partial charge in [-0.05, 0) is 20.8 Å². The van der Waals surface area contributed by atoms with Crippen molar-refractivity contribution in [3.63, 3.8) is 0 Å². The van der Waals surface area contributed by atoms with Gasteiger partial charge in [-0.1, -0.05) is 5.16 Å². The number of oxime groups is 1. The number of hydrogen-bond acceptors (Lipinski definition) is 8. The van der Waals surface area contributed by atoms with E-state index in [0.717, 1.165) is 4.68 Å². The Morgan fingerprint density at radius 2 is 2.05 bits per heavy atom. The summed E-state index contributed by atoms with van der Waals surface area (Å²) in [5.74, 6) is -2.36. The van der Waals surface area contributed by atoms with Crippen LogP contribution in [-0.2, 0) is 25.7 Å². The highest BCUT2D eigenvalue weighted by atomic mass is 16.6. The van der Waals surface area contributed by atoms with E-state index in [1.807, 2.05) is 0 Å². The predicted molar refractivity (Wildman–Crippen MR) is 71.5 cm³/mol. The van der Waals surface area contributed by atoms with Crippen molar-refractivity contribution in [3.05, 3.63) is 5.82 Å². The molecular formula is C11H17N5O5. The Labute approximate surface area is 120 Å².